The van der Waals surface area contributed by atoms with Crippen LogP contribution in [0.1, 0.15) is 39.5 Å². The normalized spacial score (nSPS) is 14.0. The second-order valence-corrected chi connectivity index (χ2v) is 10.2. The van der Waals surface area contributed by atoms with E-state index in [1.165, 1.54) is 6.07 Å². The summed E-state index contributed by atoms with van der Waals surface area (Å²) in [6, 6.07) is 19.0. The molecule has 2 amide bonds. The van der Waals surface area contributed by atoms with Gasteiger partial charge in [-0.05, 0) is 94.4 Å². The summed E-state index contributed by atoms with van der Waals surface area (Å²) in [6.45, 7) is 2.37. The predicted molar refractivity (Wildman–Crippen MR) is 151 cm³/mol. The largest absolute Gasteiger partial charge is 0.490 e. The Morgan fingerprint density at radius 1 is 1.13 bits per heavy atom. The van der Waals surface area contributed by atoms with Crippen molar-refractivity contribution in [1.29, 1.82) is 5.26 Å². The monoisotopic (exact) mass is 640 g/mol. The molecule has 0 bridgehead atoms. The number of hydrogen-bond donors (Lipinski definition) is 1. The fraction of sp³-hybridized carbons (Fsp3) is 0.143. The van der Waals surface area contributed by atoms with Gasteiger partial charge < -0.3 is 14.6 Å². The molecule has 1 heterocycles. The Morgan fingerprint density at radius 2 is 1.92 bits per heavy atom. The molecular formula is C28H21IN2O6S. The smallest absolute Gasteiger partial charge is 0.335 e. The van der Waals surface area contributed by atoms with Crippen molar-refractivity contribution in [3.8, 4) is 17.6 Å². The van der Waals surface area contributed by atoms with Crippen molar-refractivity contribution >= 4 is 57.5 Å². The molecule has 0 radical (unpaired) electrons. The summed E-state index contributed by atoms with van der Waals surface area (Å²) < 4.78 is 12.5. The first kappa shape index (κ1) is 27.2. The maximum absolute atomic E-state index is 13.1. The number of carboxylic acids is 1. The van der Waals surface area contributed by atoms with Gasteiger partial charge in [-0.2, -0.15) is 5.26 Å². The van der Waals surface area contributed by atoms with Gasteiger partial charge in [0.15, 0.2) is 11.5 Å². The third-order valence-corrected chi connectivity index (χ3v) is 7.24. The number of imide groups is 1. The number of carbonyl (C=O) groups is 3. The minimum Gasteiger partial charge on any atom is -0.490 e. The average molecular weight is 640 g/mol. The van der Waals surface area contributed by atoms with E-state index < -0.39 is 17.1 Å². The number of nitriles is 1. The van der Waals surface area contributed by atoms with Gasteiger partial charge in [-0.15, -0.1) is 0 Å². The highest BCUT2D eigenvalue weighted by Crippen LogP contribution is 2.38. The predicted octanol–water partition coefficient (Wildman–Crippen LogP) is 6.08. The standard InChI is InChI=1S/C28H21IN2O6S/c1-2-36-23-12-18(11-22(29)25(23)37-16-17-6-5-9-19(10-17)27(33)34)13-24-26(32)31(28(35)38-24)15-21-8-4-3-7-20(21)14-30/h3-13H,2,15-16H2,1H3,(H,33,34)/b24-13+. The zero-order valence-corrected chi connectivity index (χ0v) is 23.1. The Bertz CT molecular complexity index is 1500. The molecule has 8 nitrogen and oxygen atoms in total. The van der Waals surface area contributed by atoms with E-state index in [4.69, 9.17) is 9.47 Å². The number of aromatic carboxylic acids is 1. The molecular weight excluding hydrogens is 619 g/mol. The van der Waals surface area contributed by atoms with E-state index in [1.807, 2.05) is 13.0 Å². The minimum atomic E-state index is -1.01. The van der Waals surface area contributed by atoms with Crippen molar-refractivity contribution in [2.45, 2.75) is 20.1 Å². The van der Waals surface area contributed by atoms with Gasteiger partial charge in [0.25, 0.3) is 11.1 Å². The SMILES string of the molecule is CCOc1cc(/C=C2/SC(=O)N(Cc3ccccc3C#N)C2=O)cc(I)c1OCc1cccc(C(=O)O)c1. The van der Waals surface area contributed by atoms with Crippen LogP contribution in [0.3, 0.4) is 0 Å². The van der Waals surface area contributed by atoms with Crippen LogP contribution in [0, 0.1) is 14.9 Å². The lowest BCUT2D eigenvalue weighted by Crippen LogP contribution is -2.27. The van der Waals surface area contributed by atoms with Crippen molar-refractivity contribution in [3.63, 3.8) is 0 Å². The summed E-state index contributed by atoms with van der Waals surface area (Å²) in [7, 11) is 0. The molecule has 4 rings (SSSR count). The van der Waals surface area contributed by atoms with Crippen LogP contribution in [0.2, 0.25) is 0 Å². The van der Waals surface area contributed by atoms with Crippen molar-refractivity contribution in [1.82, 2.24) is 4.90 Å². The molecule has 1 aliphatic heterocycles. The van der Waals surface area contributed by atoms with Gasteiger partial charge in [0.1, 0.15) is 6.61 Å². The lowest BCUT2D eigenvalue weighted by atomic mass is 10.1. The molecule has 0 unspecified atom stereocenters. The first-order valence-corrected chi connectivity index (χ1v) is 13.3. The van der Waals surface area contributed by atoms with Crippen LogP contribution in [-0.4, -0.2) is 33.7 Å². The van der Waals surface area contributed by atoms with Crippen LogP contribution in [0.4, 0.5) is 4.79 Å². The van der Waals surface area contributed by atoms with Gasteiger partial charge in [0.05, 0.1) is 38.8 Å². The number of amides is 2. The second kappa shape index (κ2) is 12.1. The lowest BCUT2D eigenvalue weighted by Gasteiger charge is -2.15. The Balaban J connectivity index is 1.56. The topological polar surface area (TPSA) is 117 Å². The van der Waals surface area contributed by atoms with Crippen molar-refractivity contribution < 1.29 is 29.0 Å². The molecule has 10 heteroatoms. The number of rotatable bonds is 9. The van der Waals surface area contributed by atoms with Crippen LogP contribution in [-0.2, 0) is 17.9 Å². The molecule has 3 aromatic carbocycles. The maximum Gasteiger partial charge on any atom is 0.335 e. The minimum absolute atomic E-state index is 0.0172. The molecule has 1 saturated heterocycles. The van der Waals surface area contributed by atoms with Crippen LogP contribution < -0.4 is 9.47 Å². The first-order valence-electron chi connectivity index (χ1n) is 11.5. The van der Waals surface area contributed by atoms with E-state index in [1.54, 1.807) is 54.6 Å². The van der Waals surface area contributed by atoms with Crippen molar-refractivity contribution in [2.24, 2.45) is 0 Å². The summed E-state index contributed by atoms with van der Waals surface area (Å²) in [5.41, 5.74) is 2.53. The van der Waals surface area contributed by atoms with Crippen molar-refractivity contribution in [2.75, 3.05) is 6.61 Å². The third kappa shape index (κ3) is 6.17. The number of nitrogens with zero attached hydrogens (tertiary/aromatic N) is 2. The van der Waals surface area contributed by atoms with Crippen molar-refractivity contribution in [3.05, 3.63) is 97.0 Å². The molecule has 1 aliphatic rings. The Labute approximate surface area is 237 Å². The number of halogens is 1. The molecule has 0 saturated carbocycles. The molecule has 0 aliphatic carbocycles. The second-order valence-electron chi connectivity index (χ2n) is 8.09. The van der Waals surface area contributed by atoms with Crippen LogP contribution >= 0.6 is 34.4 Å². The molecule has 0 aromatic heterocycles. The fourth-order valence-electron chi connectivity index (χ4n) is 3.75. The zero-order valence-electron chi connectivity index (χ0n) is 20.1. The summed E-state index contributed by atoms with van der Waals surface area (Å²) >= 11 is 2.95. The number of carboxylic acid groups (broad SMARTS) is 1. The van der Waals surface area contributed by atoms with Gasteiger partial charge in [-0.25, -0.2) is 4.79 Å². The molecule has 1 fully saturated rings. The number of thioether (sulfide) groups is 1. The Morgan fingerprint density at radius 3 is 2.66 bits per heavy atom. The summed E-state index contributed by atoms with van der Waals surface area (Å²) in [5.74, 6) is -0.493. The van der Waals surface area contributed by atoms with Crippen LogP contribution in [0.15, 0.2) is 65.6 Å². The van der Waals surface area contributed by atoms with Crippen LogP contribution in [0.25, 0.3) is 6.08 Å². The van der Waals surface area contributed by atoms with E-state index in [0.29, 0.717) is 40.4 Å². The summed E-state index contributed by atoms with van der Waals surface area (Å²) in [4.78, 5) is 38.3. The number of ether oxygens (including phenoxy) is 2. The highest BCUT2D eigenvalue weighted by Gasteiger charge is 2.35. The quantitative estimate of drug-likeness (QED) is 0.221. The highest BCUT2D eigenvalue weighted by molar-refractivity contribution is 14.1. The third-order valence-electron chi connectivity index (χ3n) is 5.53. The molecule has 0 spiro atoms. The van der Waals surface area contributed by atoms with Gasteiger partial charge in [-0.3, -0.25) is 14.5 Å². The summed E-state index contributed by atoms with van der Waals surface area (Å²) in [5, 5.41) is 18.1. The molecule has 1 N–H and O–H groups in total. The maximum atomic E-state index is 13.1. The number of carbonyl (C=O) groups excluding carboxylic acids is 2. The Kier molecular flexibility index (Phi) is 8.70. The number of hydrogen-bond acceptors (Lipinski definition) is 7. The van der Waals surface area contributed by atoms with E-state index in [2.05, 4.69) is 28.7 Å². The number of benzene rings is 3. The van der Waals surface area contributed by atoms with E-state index >= 15 is 0 Å². The zero-order chi connectivity index (χ0) is 27.2. The molecule has 3 aromatic rings. The lowest BCUT2D eigenvalue weighted by molar-refractivity contribution is -0.123. The molecule has 0 atom stereocenters. The van der Waals surface area contributed by atoms with E-state index in [0.717, 1.165) is 20.2 Å². The summed E-state index contributed by atoms with van der Waals surface area (Å²) in [6.07, 6.45) is 1.63. The van der Waals surface area contributed by atoms with Crippen LogP contribution in [0.5, 0.6) is 11.5 Å². The Hall–Kier alpha value is -3.82. The average Bonchev–Trinajstić information content (AvgIpc) is 3.16. The van der Waals surface area contributed by atoms with Gasteiger partial charge in [-0.1, -0.05) is 30.3 Å². The van der Waals surface area contributed by atoms with E-state index in [9.17, 15) is 24.8 Å². The van der Waals surface area contributed by atoms with Gasteiger partial charge >= 0.3 is 5.97 Å². The molecule has 192 valence electrons. The fourth-order valence-corrected chi connectivity index (χ4v) is 5.37. The van der Waals surface area contributed by atoms with Gasteiger partial charge in [0, 0.05) is 0 Å². The molecule has 38 heavy (non-hydrogen) atoms. The van der Waals surface area contributed by atoms with E-state index in [-0.39, 0.29) is 23.6 Å². The first-order chi connectivity index (χ1) is 18.3. The van der Waals surface area contributed by atoms with Gasteiger partial charge in [0.2, 0.25) is 0 Å². The highest BCUT2D eigenvalue weighted by atomic mass is 127.